The first-order valence-corrected chi connectivity index (χ1v) is 5.96. The van der Waals surface area contributed by atoms with E-state index in [-0.39, 0.29) is 0 Å². The molecular formula is C13H18O4. The first kappa shape index (κ1) is 12.2. The van der Waals surface area contributed by atoms with Crippen molar-refractivity contribution in [2.75, 3.05) is 26.4 Å². The molecule has 1 aliphatic rings. The zero-order valence-electron chi connectivity index (χ0n) is 10.0. The second-order valence-electron chi connectivity index (χ2n) is 3.93. The molecule has 0 saturated carbocycles. The van der Waals surface area contributed by atoms with Crippen LogP contribution < -0.4 is 9.47 Å². The van der Waals surface area contributed by atoms with Gasteiger partial charge in [-0.1, -0.05) is 6.07 Å². The molecule has 0 aromatic heterocycles. The molecule has 0 fully saturated rings. The van der Waals surface area contributed by atoms with Crippen molar-refractivity contribution in [1.29, 1.82) is 0 Å². The maximum absolute atomic E-state index is 9.90. The molecule has 0 bridgehead atoms. The zero-order valence-corrected chi connectivity index (χ0v) is 10.0. The van der Waals surface area contributed by atoms with Crippen LogP contribution in [0.3, 0.4) is 0 Å². The number of aliphatic hydroxyl groups is 1. The third-order valence-corrected chi connectivity index (χ3v) is 2.64. The molecule has 1 heterocycles. The van der Waals surface area contributed by atoms with E-state index < -0.39 is 6.10 Å². The Hall–Kier alpha value is -1.26. The van der Waals surface area contributed by atoms with E-state index in [9.17, 15) is 5.11 Å². The quantitative estimate of drug-likeness (QED) is 0.870. The van der Waals surface area contributed by atoms with Gasteiger partial charge in [-0.25, -0.2) is 0 Å². The lowest BCUT2D eigenvalue weighted by Crippen LogP contribution is -2.07. The highest BCUT2D eigenvalue weighted by Crippen LogP contribution is 2.32. The van der Waals surface area contributed by atoms with E-state index in [1.807, 2.05) is 25.1 Å². The first-order valence-electron chi connectivity index (χ1n) is 5.96. The molecule has 1 aromatic carbocycles. The van der Waals surface area contributed by atoms with Gasteiger partial charge in [-0.15, -0.1) is 0 Å². The minimum atomic E-state index is -0.618. The minimum Gasteiger partial charge on any atom is -0.490 e. The van der Waals surface area contributed by atoms with Gasteiger partial charge >= 0.3 is 0 Å². The minimum absolute atomic E-state index is 0.302. The van der Waals surface area contributed by atoms with Crippen molar-refractivity contribution < 1.29 is 19.3 Å². The highest BCUT2D eigenvalue weighted by Gasteiger charge is 2.14. The number of aliphatic hydroxyl groups excluding tert-OH is 1. The molecule has 1 unspecified atom stereocenters. The topological polar surface area (TPSA) is 47.9 Å². The lowest BCUT2D eigenvalue weighted by Gasteiger charge is -2.13. The molecule has 0 radical (unpaired) electrons. The summed E-state index contributed by atoms with van der Waals surface area (Å²) < 4.78 is 16.3. The van der Waals surface area contributed by atoms with Crippen molar-refractivity contribution in [3.63, 3.8) is 0 Å². The Morgan fingerprint density at radius 3 is 2.82 bits per heavy atom. The Bertz CT molecular complexity index is 364. The molecule has 4 nitrogen and oxygen atoms in total. The van der Waals surface area contributed by atoms with Gasteiger partial charge < -0.3 is 19.3 Å². The van der Waals surface area contributed by atoms with Crippen LogP contribution in [-0.4, -0.2) is 31.5 Å². The third kappa shape index (κ3) is 3.11. The van der Waals surface area contributed by atoms with Crippen LogP contribution in [0.25, 0.3) is 0 Å². The summed E-state index contributed by atoms with van der Waals surface area (Å²) in [5, 5.41) is 9.90. The molecule has 1 aromatic rings. The Morgan fingerprint density at radius 2 is 2.06 bits per heavy atom. The Kier molecular flexibility index (Phi) is 4.23. The summed E-state index contributed by atoms with van der Waals surface area (Å²) in [7, 11) is 0. The molecule has 2 rings (SSSR count). The van der Waals surface area contributed by atoms with Crippen LogP contribution in [0.5, 0.6) is 11.5 Å². The summed E-state index contributed by atoms with van der Waals surface area (Å²) >= 11 is 0. The summed E-state index contributed by atoms with van der Waals surface area (Å²) in [6.07, 6.45) is 0.262. The average molecular weight is 238 g/mol. The van der Waals surface area contributed by atoms with Crippen LogP contribution in [0.15, 0.2) is 18.2 Å². The van der Waals surface area contributed by atoms with Crippen LogP contribution >= 0.6 is 0 Å². The maximum atomic E-state index is 9.90. The van der Waals surface area contributed by atoms with Crippen molar-refractivity contribution in [3.8, 4) is 11.5 Å². The summed E-state index contributed by atoms with van der Waals surface area (Å²) in [4.78, 5) is 0. The molecule has 17 heavy (non-hydrogen) atoms. The van der Waals surface area contributed by atoms with Gasteiger partial charge in [0.25, 0.3) is 0 Å². The molecule has 94 valence electrons. The van der Waals surface area contributed by atoms with Crippen molar-refractivity contribution in [2.24, 2.45) is 0 Å². The average Bonchev–Trinajstić information content (AvgIpc) is 2.60. The van der Waals surface area contributed by atoms with Gasteiger partial charge in [0.2, 0.25) is 0 Å². The molecule has 4 heteroatoms. The standard InChI is InChI=1S/C13H18O4/c1-2-15-9-11(14)10-4-5-12-13(8-10)17-7-3-6-16-12/h4-5,8,11,14H,2-3,6-7,9H2,1H3. The molecule has 0 amide bonds. The van der Waals surface area contributed by atoms with E-state index in [2.05, 4.69) is 0 Å². The van der Waals surface area contributed by atoms with Crippen molar-refractivity contribution in [2.45, 2.75) is 19.4 Å². The zero-order chi connectivity index (χ0) is 12.1. The predicted octanol–water partition coefficient (Wildman–Crippen LogP) is 1.92. The number of ether oxygens (including phenoxy) is 3. The van der Waals surface area contributed by atoms with E-state index in [4.69, 9.17) is 14.2 Å². The van der Waals surface area contributed by atoms with Crippen LogP contribution in [-0.2, 0) is 4.74 Å². The molecule has 0 spiro atoms. The summed E-state index contributed by atoms with van der Waals surface area (Å²) in [5.41, 5.74) is 0.794. The van der Waals surface area contributed by atoms with Crippen molar-refractivity contribution >= 4 is 0 Å². The fraction of sp³-hybridized carbons (Fsp3) is 0.538. The lowest BCUT2D eigenvalue weighted by atomic mass is 10.1. The van der Waals surface area contributed by atoms with Gasteiger partial charge in [0.1, 0.15) is 6.10 Å². The molecule has 0 aliphatic carbocycles. The van der Waals surface area contributed by atoms with Gasteiger partial charge in [0.15, 0.2) is 11.5 Å². The largest absolute Gasteiger partial charge is 0.490 e. The fourth-order valence-corrected chi connectivity index (χ4v) is 1.71. The van der Waals surface area contributed by atoms with Crippen LogP contribution in [0.4, 0.5) is 0 Å². The summed E-state index contributed by atoms with van der Waals surface area (Å²) in [6, 6.07) is 5.51. The molecule has 1 N–H and O–H groups in total. The lowest BCUT2D eigenvalue weighted by molar-refractivity contribution is 0.0419. The number of rotatable bonds is 4. The number of fused-ring (bicyclic) bond motifs is 1. The fourth-order valence-electron chi connectivity index (χ4n) is 1.71. The van der Waals surface area contributed by atoms with Crippen molar-refractivity contribution in [3.05, 3.63) is 23.8 Å². The van der Waals surface area contributed by atoms with Gasteiger partial charge in [0.05, 0.1) is 19.8 Å². The smallest absolute Gasteiger partial charge is 0.161 e. The van der Waals surface area contributed by atoms with Crippen molar-refractivity contribution in [1.82, 2.24) is 0 Å². The predicted molar refractivity (Wildman–Crippen MR) is 63.5 cm³/mol. The van der Waals surface area contributed by atoms with E-state index in [0.717, 1.165) is 17.7 Å². The highest BCUT2D eigenvalue weighted by atomic mass is 16.5. The number of hydrogen-bond donors (Lipinski definition) is 1. The van der Waals surface area contributed by atoms with Gasteiger partial charge in [-0.2, -0.15) is 0 Å². The number of hydrogen-bond acceptors (Lipinski definition) is 4. The van der Waals surface area contributed by atoms with Crippen LogP contribution in [0, 0.1) is 0 Å². The molecular weight excluding hydrogens is 220 g/mol. The molecule has 1 aliphatic heterocycles. The first-order chi connectivity index (χ1) is 8.31. The summed E-state index contributed by atoms with van der Waals surface area (Å²) in [6.45, 7) is 4.13. The normalized spacial score (nSPS) is 16.4. The van der Waals surface area contributed by atoms with Crippen LogP contribution in [0.2, 0.25) is 0 Å². The van der Waals surface area contributed by atoms with E-state index in [0.29, 0.717) is 32.2 Å². The number of benzene rings is 1. The van der Waals surface area contributed by atoms with Gasteiger partial charge in [0, 0.05) is 13.0 Å². The van der Waals surface area contributed by atoms with E-state index >= 15 is 0 Å². The highest BCUT2D eigenvalue weighted by molar-refractivity contribution is 5.44. The summed E-state index contributed by atoms with van der Waals surface area (Å²) in [5.74, 6) is 1.45. The second-order valence-corrected chi connectivity index (χ2v) is 3.93. The maximum Gasteiger partial charge on any atom is 0.161 e. The molecule has 0 saturated heterocycles. The Labute approximate surface area is 101 Å². The van der Waals surface area contributed by atoms with Gasteiger partial charge in [-0.05, 0) is 24.6 Å². The molecule has 1 atom stereocenters. The van der Waals surface area contributed by atoms with Gasteiger partial charge in [-0.3, -0.25) is 0 Å². The second kappa shape index (κ2) is 5.89. The SMILES string of the molecule is CCOCC(O)c1ccc2c(c1)OCCCO2. The Balaban J connectivity index is 2.11. The van der Waals surface area contributed by atoms with Crippen LogP contribution in [0.1, 0.15) is 25.0 Å². The van der Waals surface area contributed by atoms with E-state index in [1.165, 1.54) is 0 Å². The Morgan fingerprint density at radius 1 is 1.29 bits per heavy atom. The third-order valence-electron chi connectivity index (χ3n) is 2.64. The van der Waals surface area contributed by atoms with E-state index in [1.54, 1.807) is 0 Å². The monoisotopic (exact) mass is 238 g/mol.